The van der Waals surface area contributed by atoms with Gasteiger partial charge in [-0.15, -0.1) is 11.3 Å². The normalized spacial score (nSPS) is 19.9. The molecule has 32 heavy (non-hydrogen) atoms. The fourth-order valence-electron chi connectivity index (χ4n) is 4.64. The van der Waals surface area contributed by atoms with Crippen molar-refractivity contribution in [3.63, 3.8) is 0 Å². The Hall–Kier alpha value is -2.89. The molecule has 1 fully saturated rings. The summed E-state index contributed by atoms with van der Waals surface area (Å²) < 4.78 is 0. The van der Waals surface area contributed by atoms with Crippen molar-refractivity contribution in [1.82, 2.24) is 4.90 Å². The Morgan fingerprint density at radius 3 is 2.50 bits per heavy atom. The van der Waals surface area contributed by atoms with Crippen molar-refractivity contribution in [2.45, 2.75) is 38.3 Å². The number of halogens is 1. The van der Waals surface area contributed by atoms with E-state index in [4.69, 9.17) is 11.6 Å². The second kappa shape index (κ2) is 8.57. The number of amides is 1. The molecule has 1 aliphatic carbocycles. The molecule has 162 valence electrons. The first-order valence-electron chi connectivity index (χ1n) is 10.7. The number of rotatable bonds is 4. The lowest BCUT2D eigenvalue weighted by Gasteiger charge is -2.25. The Bertz CT molecular complexity index is 1210. The van der Waals surface area contributed by atoms with Gasteiger partial charge in [0, 0.05) is 15.5 Å². The standard InChI is InChI=1S/C26H22ClNO3S/c27-20-11-9-17(10-12-20)23-22(25(30)26(31)28(23)15-21-6-3-13-32-21)24(29)19-8-7-16-4-1-2-5-18(16)14-19/h3,6-14,23,29H,1-2,4-5,15H2/b24-22-. The van der Waals surface area contributed by atoms with Gasteiger partial charge in [-0.05, 0) is 72.0 Å². The minimum atomic E-state index is -0.676. The van der Waals surface area contributed by atoms with Crippen LogP contribution in [0.3, 0.4) is 0 Å². The maximum Gasteiger partial charge on any atom is 0.295 e. The van der Waals surface area contributed by atoms with E-state index >= 15 is 0 Å². The molecular weight excluding hydrogens is 442 g/mol. The fourth-order valence-corrected chi connectivity index (χ4v) is 5.47. The molecule has 1 N–H and O–H groups in total. The topological polar surface area (TPSA) is 57.6 Å². The number of aliphatic hydroxyl groups is 1. The van der Waals surface area contributed by atoms with Gasteiger partial charge in [0.15, 0.2) is 0 Å². The number of aliphatic hydroxyl groups excluding tert-OH is 1. The zero-order valence-corrected chi connectivity index (χ0v) is 19.0. The number of ketones is 1. The minimum absolute atomic E-state index is 0.120. The molecule has 1 atom stereocenters. The molecule has 1 unspecified atom stereocenters. The van der Waals surface area contributed by atoms with E-state index in [-0.39, 0.29) is 11.3 Å². The molecule has 0 spiro atoms. The van der Waals surface area contributed by atoms with E-state index in [9.17, 15) is 14.7 Å². The van der Waals surface area contributed by atoms with Crippen LogP contribution in [0.4, 0.5) is 0 Å². The Morgan fingerprint density at radius 1 is 1.03 bits per heavy atom. The zero-order chi connectivity index (χ0) is 22.2. The fraction of sp³-hybridized carbons (Fsp3) is 0.231. The van der Waals surface area contributed by atoms with Gasteiger partial charge in [-0.1, -0.05) is 41.9 Å². The first-order chi connectivity index (χ1) is 15.5. The molecular formula is C26H22ClNO3S. The minimum Gasteiger partial charge on any atom is -0.507 e. The molecule has 5 rings (SSSR count). The molecule has 1 aliphatic heterocycles. The summed E-state index contributed by atoms with van der Waals surface area (Å²) in [6.07, 6.45) is 4.28. The number of aryl methyl sites for hydroxylation is 2. The second-order valence-corrected chi connectivity index (χ2v) is 9.72. The van der Waals surface area contributed by atoms with Crippen molar-refractivity contribution in [2.24, 2.45) is 0 Å². The van der Waals surface area contributed by atoms with E-state index in [1.54, 1.807) is 29.2 Å². The number of carbonyl (C=O) groups is 2. The first-order valence-corrected chi connectivity index (χ1v) is 12.0. The number of benzene rings is 2. The smallest absolute Gasteiger partial charge is 0.295 e. The molecule has 0 saturated carbocycles. The largest absolute Gasteiger partial charge is 0.507 e. The Kier molecular flexibility index (Phi) is 5.62. The maximum atomic E-state index is 13.2. The van der Waals surface area contributed by atoms with Crippen LogP contribution in [0.1, 0.15) is 46.0 Å². The maximum absolute atomic E-state index is 13.2. The van der Waals surface area contributed by atoms with E-state index in [0.717, 1.165) is 29.7 Å². The molecule has 2 aromatic carbocycles. The van der Waals surface area contributed by atoms with Crippen LogP contribution in [-0.2, 0) is 29.0 Å². The van der Waals surface area contributed by atoms with Gasteiger partial charge in [-0.3, -0.25) is 9.59 Å². The average Bonchev–Trinajstić information content (AvgIpc) is 3.41. The van der Waals surface area contributed by atoms with Gasteiger partial charge in [0.2, 0.25) is 0 Å². The summed E-state index contributed by atoms with van der Waals surface area (Å²) in [5.41, 5.74) is 3.95. The number of hydrogen-bond donors (Lipinski definition) is 1. The third-order valence-electron chi connectivity index (χ3n) is 6.25. The van der Waals surface area contributed by atoms with Crippen molar-refractivity contribution < 1.29 is 14.7 Å². The monoisotopic (exact) mass is 463 g/mol. The van der Waals surface area contributed by atoms with Crippen molar-refractivity contribution in [1.29, 1.82) is 0 Å². The Balaban J connectivity index is 1.63. The van der Waals surface area contributed by atoms with Crippen LogP contribution in [-0.4, -0.2) is 21.7 Å². The average molecular weight is 464 g/mol. The van der Waals surface area contributed by atoms with Gasteiger partial charge in [0.1, 0.15) is 5.76 Å². The van der Waals surface area contributed by atoms with Crippen molar-refractivity contribution in [3.8, 4) is 0 Å². The highest BCUT2D eigenvalue weighted by Crippen LogP contribution is 2.41. The van der Waals surface area contributed by atoms with E-state index < -0.39 is 17.7 Å². The van der Waals surface area contributed by atoms with Crippen molar-refractivity contribution >= 4 is 40.4 Å². The third-order valence-corrected chi connectivity index (χ3v) is 7.37. The summed E-state index contributed by atoms with van der Waals surface area (Å²) in [6.45, 7) is 0.302. The Morgan fingerprint density at radius 2 is 1.78 bits per heavy atom. The zero-order valence-electron chi connectivity index (χ0n) is 17.4. The summed E-state index contributed by atoms with van der Waals surface area (Å²) >= 11 is 7.61. The van der Waals surface area contributed by atoms with E-state index in [1.165, 1.54) is 28.9 Å². The number of carbonyl (C=O) groups excluding carboxylic acids is 2. The number of hydrogen-bond acceptors (Lipinski definition) is 4. The molecule has 3 aromatic rings. The number of nitrogens with zero attached hydrogens (tertiary/aromatic N) is 1. The molecule has 0 bridgehead atoms. The van der Waals surface area contributed by atoms with E-state index in [2.05, 4.69) is 0 Å². The number of likely N-dealkylation sites (tertiary alicyclic amines) is 1. The molecule has 1 aromatic heterocycles. The summed E-state index contributed by atoms with van der Waals surface area (Å²) in [6, 6.07) is 16.1. The van der Waals surface area contributed by atoms with Crippen molar-refractivity contribution in [3.05, 3.63) is 97.7 Å². The quantitative estimate of drug-likeness (QED) is 0.297. The lowest BCUT2D eigenvalue weighted by atomic mass is 9.89. The molecule has 2 heterocycles. The summed E-state index contributed by atoms with van der Waals surface area (Å²) in [7, 11) is 0. The predicted octanol–water partition coefficient (Wildman–Crippen LogP) is 5.90. The van der Waals surface area contributed by atoms with Crippen LogP contribution in [0.2, 0.25) is 5.02 Å². The van der Waals surface area contributed by atoms with Gasteiger partial charge in [-0.25, -0.2) is 0 Å². The first kappa shape index (κ1) is 21.0. The molecule has 2 aliphatic rings. The molecule has 0 radical (unpaired) electrons. The van der Waals surface area contributed by atoms with Crippen LogP contribution in [0.15, 0.2) is 65.6 Å². The van der Waals surface area contributed by atoms with Gasteiger partial charge < -0.3 is 10.0 Å². The third kappa shape index (κ3) is 3.76. The lowest BCUT2D eigenvalue weighted by molar-refractivity contribution is -0.140. The molecule has 1 amide bonds. The van der Waals surface area contributed by atoms with Gasteiger partial charge in [0.05, 0.1) is 18.2 Å². The van der Waals surface area contributed by atoms with Gasteiger partial charge >= 0.3 is 0 Å². The van der Waals surface area contributed by atoms with Crippen LogP contribution in [0.5, 0.6) is 0 Å². The number of Topliss-reactive ketones (excluding diaryl/α,β-unsaturated/α-hetero) is 1. The SMILES string of the molecule is O=C1C(=O)N(Cc2cccs2)C(c2ccc(Cl)cc2)/C1=C(/O)c1ccc2c(c1)CCCC2. The van der Waals surface area contributed by atoms with Crippen LogP contribution >= 0.6 is 22.9 Å². The second-order valence-electron chi connectivity index (χ2n) is 8.25. The predicted molar refractivity (Wildman–Crippen MR) is 127 cm³/mol. The molecule has 4 nitrogen and oxygen atoms in total. The number of thiophene rings is 1. The summed E-state index contributed by atoms with van der Waals surface area (Å²) in [5, 5.41) is 13.8. The van der Waals surface area contributed by atoms with E-state index in [0.29, 0.717) is 17.1 Å². The van der Waals surface area contributed by atoms with Crippen LogP contribution < -0.4 is 0 Å². The highest BCUT2D eigenvalue weighted by atomic mass is 35.5. The van der Waals surface area contributed by atoms with Crippen molar-refractivity contribution in [2.75, 3.05) is 0 Å². The highest BCUT2D eigenvalue weighted by Gasteiger charge is 2.46. The molecule has 6 heteroatoms. The molecule has 1 saturated heterocycles. The number of fused-ring (bicyclic) bond motifs is 1. The highest BCUT2D eigenvalue weighted by molar-refractivity contribution is 7.09. The summed E-state index contributed by atoms with van der Waals surface area (Å²) in [4.78, 5) is 28.8. The van der Waals surface area contributed by atoms with E-state index in [1.807, 2.05) is 35.7 Å². The summed E-state index contributed by atoms with van der Waals surface area (Å²) in [5.74, 6) is -1.38. The van der Waals surface area contributed by atoms with Crippen LogP contribution in [0, 0.1) is 0 Å². The van der Waals surface area contributed by atoms with Crippen LogP contribution in [0.25, 0.3) is 5.76 Å². The van der Waals surface area contributed by atoms with Gasteiger partial charge in [-0.2, -0.15) is 0 Å². The van der Waals surface area contributed by atoms with Gasteiger partial charge in [0.25, 0.3) is 11.7 Å². The Labute approximate surface area is 195 Å². The lowest BCUT2D eigenvalue weighted by Crippen LogP contribution is -2.28.